The fourth-order valence-electron chi connectivity index (χ4n) is 3.43. The molecule has 0 saturated heterocycles. The van der Waals surface area contributed by atoms with E-state index in [0.29, 0.717) is 48.3 Å². The number of nitriles is 1. The molecular weight excluding hydrogens is 404 g/mol. The minimum Gasteiger partial charge on any atom is -0.490 e. The van der Waals surface area contributed by atoms with Crippen molar-refractivity contribution in [2.45, 2.75) is 60.3 Å². The Morgan fingerprint density at radius 1 is 1.09 bits per heavy atom. The van der Waals surface area contributed by atoms with Gasteiger partial charge >= 0.3 is 0 Å². The fraction of sp³-hybridized carbons (Fsp3) is 0.500. The lowest BCUT2D eigenvalue weighted by molar-refractivity contribution is -0.140. The van der Waals surface area contributed by atoms with Gasteiger partial charge in [0.1, 0.15) is 11.6 Å². The largest absolute Gasteiger partial charge is 0.490 e. The van der Waals surface area contributed by atoms with Gasteiger partial charge < -0.3 is 9.47 Å². The van der Waals surface area contributed by atoms with Crippen LogP contribution in [0.15, 0.2) is 34.9 Å². The molecule has 0 saturated carbocycles. The Morgan fingerprint density at radius 2 is 1.84 bits per heavy atom. The Morgan fingerprint density at radius 3 is 2.47 bits per heavy atom. The van der Waals surface area contributed by atoms with Gasteiger partial charge in [-0.05, 0) is 62.0 Å². The molecule has 0 spiro atoms. The second kappa shape index (κ2) is 12.1. The number of amides is 2. The first kappa shape index (κ1) is 25.2. The highest BCUT2D eigenvalue weighted by atomic mass is 16.5. The zero-order chi connectivity index (χ0) is 23.7. The van der Waals surface area contributed by atoms with Gasteiger partial charge in [-0.25, -0.2) is 0 Å². The van der Waals surface area contributed by atoms with Crippen LogP contribution in [0.5, 0.6) is 11.5 Å². The maximum absolute atomic E-state index is 13.1. The van der Waals surface area contributed by atoms with E-state index < -0.39 is 5.91 Å². The second-order valence-electron chi connectivity index (χ2n) is 8.31. The molecule has 0 aromatic heterocycles. The zero-order valence-corrected chi connectivity index (χ0v) is 19.9. The smallest absolute Gasteiger partial charge is 0.271 e. The van der Waals surface area contributed by atoms with Gasteiger partial charge in [0.2, 0.25) is 0 Å². The van der Waals surface area contributed by atoms with Crippen molar-refractivity contribution in [3.63, 3.8) is 0 Å². The molecule has 0 fully saturated rings. The highest BCUT2D eigenvalue weighted by Gasteiger charge is 2.35. The van der Waals surface area contributed by atoms with Gasteiger partial charge in [-0.2, -0.15) is 5.26 Å². The third-order valence-corrected chi connectivity index (χ3v) is 5.34. The van der Waals surface area contributed by atoms with E-state index in [1.54, 1.807) is 13.0 Å². The van der Waals surface area contributed by atoms with Crippen molar-refractivity contribution in [2.75, 3.05) is 19.8 Å². The number of benzene rings is 1. The van der Waals surface area contributed by atoms with Crippen LogP contribution in [0.1, 0.15) is 65.9 Å². The number of carbonyl (C=O) groups is 2. The zero-order valence-electron chi connectivity index (χ0n) is 19.9. The van der Waals surface area contributed by atoms with Gasteiger partial charge in [-0.15, -0.1) is 0 Å². The van der Waals surface area contributed by atoms with Gasteiger partial charge in [-0.1, -0.05) is 39.7 Å². The van der Waals surface area contributed by atoms with Gasteiger partial charge in [0.25, 0.3) is 11.8 Å². The third-order valence-electron chi connectivity index (χ3n) is 5.34. The molecule has 0 N–H and O–H groups in total. The lowest BCUT2D eigenvalue weighted by atomic mass is 9.93. The summed E-state index contributed by atoms with van der Waals surface area (Å²) >= 11 is 0. The maximum Gasteiger partial charge on any atom is 0.271 e. The molecule has 2 amide bonds. The number of rotatable bonds is 11. The third kappa shape index (κ3) is 6.23. The molecule has 1 aromatic carbocycles. The predicted molar refractivity (Wildman–Crippen MR) is 125 cm³/mol. The van der Waals surface area contributed by atoms with Crippen LogP contribution in [0, 0.1) is 17.2 Å². The average molecular weight is 439 g/mol. The van der Waals surface area contributed by atoms with E-state index in [1.165, 1.54) is 4.90 Å². The van der Waals surface area contributed by atoms with Crippen LogP contribution < -0.4 is 9.47 Å². The number of unbranched alkanes of at least 4 members (excludes halogenated alkanes) is 2. The first-order valence-electron chi connectivity index (χ1n) is 11.4. The summed E-state index contributed by atoms with van der Waals surface area (Å²) < 4.78 is 11.6. The summed E-state index contributed by atoms with van der Waals surface area (Å²) in [6.07, 6.45) is 5.26. The molecule has 6 heteroatoms. The first-order chi connectivity index (χ1) is 15.3. The van der Waals surface area contributed by atoms with Crippen LogP contribution >= 0.6 is 0 Å². The number of nitrogens with zero attached hydrogens (tertiary/aromatic N) is 2. The Labute approximate surface area is 191 Å². The topological polar surface area (TPSA) is 79.6 Å². The van der Waals surface area contributed by atoms with Gasteiger partial charge in [0.15, 0.2) is 11.5 Å². The molecule has 0 radical (unpaired) electrons. The van der Waals surface area contributed by atoms with Crippen molar-refractivity contribution in [1.29, 1.82) is 5.26 Å². The van der Waals surface area contributed by atoms with E-state index in [-0.39, 0.29) is 11.5 Å². The van der Waals surface area contributed by atoms with Crippen molar-refractivity contribution in [3.05, 3.63) is 40.5 Å². The number of carbonyl (C=O) groups excluding carboxylic acids is 2. The number of hydrogen-bond acceptors (Lipinski definition) is 5. The van der Waals surface area contributed by atoms with Gasteiger partial charge in [0, 0.05) is 12.1 Å². The minimum absolute atomic E-state index is 0.0195. The van der Waals surface area contributed by atoms with Gasteiger partial charge in [-0.3, -0.25) is 14.5 Å². The second-order valence-corrected chi connectivity index (χ2v) is 8.31. The Hall–Kier alpha value is -3.07. The minimum atomic E-state index is -0.507. The van der Waals surface area contributed by atoms with Gasteiger partial charge in [0.05, 0.1) is 13.2 Å². The van der Waals surface area contributed by atoms with Crippen molar-refractivity contribution < 1.29 is 19.1 Å². The van der Waals surface area contributed by atoms with Crippen molar-refractivity contribution in [1.82, 2.24) is 4.90 Å². The number of imide groups is 1. The van der Waals surface area contributed by atoms with Crippen LogP contribution in [0.25, 0.3) is 6.08 Å². The van der Waals surface area contributed by atoms with Crippen molar-refractivity contribution in [3.8, 4) is 17.6 Å². The normalized spacial score (nSPS) is 15.5. The Kier molecular flexibility index (Phi) is 9.52. The summed E-state index contributed by atoms with van der Waals surface area (Å²) in [5, 5.41) is 9.53. The fourth-order valence-corrected chi connectivity index (χ4v) is 3.43. The molecular formula is C26H34N2O4. The predicted octanol–water partition coefficient (Wildman–Crippen LogP) is 5.29. The van der Waals surface area contributed by atoms with E-state index in [4.69, 9.17) is 9.47 Å². The lowest BCUT2D eigenvalue weighted by Crippen LogP contribution is -2.43. The van der Waals surface area contributed by atoms with Crippen LogP contribution in [-0.4, -0.2) is 36.5 Å². The number of hydrogen-bond donors (Lipinski definition) is 0. The maximum atomic E-state index is 13.1. The molecule has 1 aromatic rings. The van der Waals surface area contributed by atoms with E-state index in [9.17, 15) is 14.9 Å². The van der Waals surface area contributed by atoms with E-state index in [2.05, 4.69) is 20.8 Å². The van der Waals surface area contributed by atoms with E-state index in [0.717, 1.165) is 31.2 Å². The Balaban J connectivity index is 2.39. The quantitative estimate of drug-likeness (QED) is 0.266. The molecule has 172 valence electrons. The molecule has 6 nitrogen and oxygen atoms in total. The molecule has 0 bridgehead atoms. The summed E-state index contributed by atoms with van der Waals surface area (Å²) in [6, 6.07) is 7.49. The monoisotopic (exact) mass is 438 g/mol. The lowest BCUT2D eigenvalue weighted by Gasteiger charge is -2.27. The molecule has 1 heterocycles. The van der Waals surface area contributed by atoms with Crippen molar-refractivity contribution in [2.24, 2.45) is 5.92 Å². The van der Waals surface area contributed by atoms with E-state index in [1.807, 2.05) is 31.2 Å². The van der Waals surface area contributed by atoms with Crippen LogP contribution in [0.4, 0.5) is 0 Å². The first-order valence-corrected chi connectivity index (χ1v) is 11.4. The molecule has 2 rings (SSSR count). The summed E-state index contributed by atoms with van der Waals surface area (Å²) in [6.45, 7) is 11.3. The van der Waals surface area contributed by atoms with Crippen LogP contribution in [0.2, 0.25) is 0 Å². The molecule has 1 aliphatic rings. The molecule has 1 aliphatic heterocycles. The Bertz CT molecular complexity index is 938. The summed E-state index contributed by atoms with van der Waals surface area (Å²) in [4.78, 5) is 27.0. The van der Waals surface area contributed by atoms with Crippen LogP contribution in [-0.2, 0) is 9.59 Å². The summed E-state index contributed by atoms with van der Waals surface area (Å²) in [5.41, 5.74) is 1.52. The summed E-state index contributed by atoms with van der Waals surface area (Å²) in [7, 11) is 0. The molecule has 0 atom stereocenters. The number of ether oxygens (including phenoxy) is 2. The SMILES string of the molecule is CCCCCN1C(=O)C(C#N)=C(C)/C(=C\c2ccc(OCCC(C)C)c(OCC)c2)C1=O. The van der Waals surface area contributed by atoms with Crippen molar-refractivity contribution >= 4 is 17.9 Å². The molecule has 0 aliphatic carbocycles. The highest BCUT2D eigenvalue weighted by molar-refractivity contribution is 6.19. The molecule has 32 heavy (non-hydrogen) atoms. The average Bonchev–Trinajstić information content (AvgIpc) is 2.75. The van der Waals surface area contributed by atoms with Crippen LogP contribution in [0.3, 0.4) is 0 Å². The highest BCUT2D eigenvalue weighted by Crippen LogP contribution is 2.32. The summed E-state index contributed by atoms with van der Waals surface area (Å²) in [5.74, 6) is 0.932. The standard InChI is InChI=1S/C26H34N2O4/c1-6-8-9-13-28-25(29)21(19(5)22(17-27)26(28)30)15-20-10-11-23(24(16-20)31-7-2)32-14-12-18(3)4/h10-11,15-16,18H,6-9,12-14H2,1-5H3/b21-15+. The molecule has 0 unspecified atom stereocenters. The van der Waals surface area contributed by atoms with E-state index >= 15 is 0 Å².